The molecule has 0 unspecified atom stereocenters. The van der Waals surface area contributed by atoms with Crippen LogP contribution in [0.1, 0.15) is 39.3 Å². The number of carbonyl (C=O) groups is 2. The van der Waals surface area contributed by atoms with Gasteiger partial charge in [-0.3, -0.25) is 14.6 Å². The van der Waals surface area contributed by atoms with E-state index in [-0.39, 0.29) is 23.9 Å². The monoisotopic (exact) mass is 307 g/mol. The average molecular weight is 307 g/mol. The first-order valence-electron chi connectivity index (χ1n) is 7.67. The molecule has 114 valence electrons. The zero-order chi connectivity index (χ0) is 16.0. The van der Waals surface area contributed by atoms with E-state index in [0.717, 1.165) is 19.0 Å². The van der Waals surface area contributed by atoms with Gasteiger partial charge < -0.3 is 0 Å². The summed E-state index contributed by atoms with van der Waals surface area (Å²) in [7, 11) is 0. The lowest BCUT2D eigenvalue weighted by Crippen LogP contribution is -2.24. The molecule has 3 nitrogen and oxygen atoms in total. The highest BCUT2D eigenvalue weighted by molar-refractivity contribution is 6.27. The molecule has 1 aromatic carbocycles. The second kappa shape index (κ2) is 5.23. The van der Waals surface area contributed by atoms with Crippen LogP contribution in [0.3, 0.4) is 0 Å². The predicted octanol–water partition coefficient (Wildman–Crippen LogP) is 3.55. The Morgan fingerprint density at radius 1 is 1.00 bits per heavy atom. The molecule has 1 fully saturated rings. The first kappa shape index (κ1) is 14.0. The van der Waals surface area contributed by atoms with Gasteiger partial charge in [-0.05, 0) is 30.9 Å². The van der Waals surface area contributed by atoms with Gasteiger partial charge in [-0.25, -0.2) is 4.39 Å². The number of hydrogen-bond donors (Lipinski definition) is 0. The number of Topliss-reactive ketones (excluding diaryl/α,β-unsaturated/α-hetero) is 2. The van der Waals surface area contributed by atoms with Crippen LogP contribution in [0.4, 0.5) is 4.39 Å². The molecule has 0 saturated heterocycles. The smallest absolute Gasteiger partial charge is 0.190 e. The average Bonchev–Trinajstić information content (AvgIpc) is 3.39. The zero-order valence-electron chi connectivity index (χ0n) is 12.4. The summed E-state index contributed by atoms with van der Waals surface area (Å²) in [5.41, 5.74) is 2.71. The molecule has 2 aromatic rings. The molecular weight excluding hydrogens is 293 g/mol. The topological polar surface area (TPSA) is 47.0 Å². The normalized spacial score (nSPS) is 17.4. The van der Waals surface area contributed by atoms with Crippen LogP contribution >= 0.6 is 0 Å². The van der Waals surface area contributed by atoms with E-state index in [0.29, 0.717) is 28.0 Å². The maximum Gasteiger partial charge on any atom is 0.190 e. The summed E-state index contributed by atoms with van der Waals surface area (Å²) in [6, 6.07) is 9.83. The van der Waals surface area contributed by atoms with Crippen molar-refractivity contribution in [1.29, 1.82) is 0 Å². The van der Waals surface area contributed by atoms with Crippen LogP contribution in [0.15, 0.2) is 53.7 Å². The van der Waals surface area contributed by atoms with E-state index in [4.69, 9.17) is 0 Å². The molecule has 0 radical (unpaired) electrons. The van der Waals surface area contributed by atoms with Crippen LogP contribution in [-0.2, 0) is 6.42 Å². The molecule has 0 amide bonds. The van der Waals surface area contributed by atoms with Gasteiger partial charge in [0.15, 0.2) is 11.6 Å². The summed E-state index contributed by atoms with van der Waals surface area (Å²) < 4.78 is 13.0. The summed E-state index contributed by atoms with van der Waals surface area (Å²) >= 11 is 0. The van der Waals surface area contributed by atoms with Gasteiger partial charge in [0.05, 0.1) is 6.20 Å². The second-order valence-electron chi connectivity index (χ2n) is 6.01. The highest BCUT2D eigenvalue weighted by Crippen LogP contribution is 2.43. The summed E-state index contributed by atoms with van der Waals surface area (Å²) in [4.78, 5) is 29.7. The van der Waals surface area contributed by atoms with Crippen molar-refractivity contribution >= 4 is 11.6 Å². The number of rotatable bonds is 3. The third-order valence-electron chi connectivity index (χ3n) is 4.39. The van der Waals surface area contributed by atoms with Crippen LogP contribution in [0, 0.1) is 11.7 Å². The predicted molar refractivity (Wildman–Crippen MR) is 82.8 cm³/mol. The third kappa shape index (κ3) is 2.40. The van der Waals surface area contributed by atoms with Crippen LogP contribution in [-0.4, -0.2) is 16.6 Å². The van der Waals surface area contributed by atoms with E-state index in [2.05, 4.69) is 4.98 Å². The maximum atomic E-state index is 13.0. The number of fused-ring (bicyclic) bond motifs is 1. The SMILES string of the molecule is O=C1C(Cc2ccc(F)cn2)=C(C2CC2)C(=O)c2ccccc21. The van der Waals surface area contributed by atoms with Gasteiger partial charge in [0.25, 0.3) is 0 Å². The Bertz CT molecular complexity index is 848. The molecule has 0 spiro atoms. The standard InChI is InChI=1S/C19H14FNO2/c20-12-7-8-13(21-10-12)9-16-17(11-5-6-11)19(23)15-4-2-1-3-14(15)18(16)22/h1-4,7-8,10-11H,5-6,9H2. The highest BCUT2D eigenvalue weighted by Gasteiger charge is 2.39. The van der Waals surface area contributed by atoms with Gasteiger partial charge in [0.1, 0.15) is 5.82 Å². The first-order valence-corrected chi connectivity index (χ1v) is 7.67. The summed E-state index contributed by atoms with van der Waals surface area (Å²) in [5.74, 6) is -0.384. The largest absolute Gasteiger partial charge is 0.289 e. The minimum absolute atomic E-state index is 0.0418. The van der Waals surface area contributed by atoms with Crippen LogP contribution in [0.2, 0.25) is 0 Å². The minimum atomic E-state index is -0.415. The Balaban J connectivity index is 1.81. The number of carbonyl (C=O) groups excluding carboxylic acids is 2. The van der Waals surface area contributed by atoms with E-state index < -0.39 is 5.82 Å². The van der Waals surface area contributed by atoms with Crippen molar-refractivity contribution in [3.05, 3.63) is 76.4 Å². The Morgan fingerprint density at radius 2 is 1.70 bits per heavy atom. The van der Waals surface area contributed by atoms with Crippen LogP contribution in [0.5, 0.6) is 0 Å². The van der Waals surface area contributed by atoms with Crippen molar-refractivity contribution in [1.82, 2.24) is 4.98 Å². The van der Waals surface area contributed by atoms with E-state index in [1.807, 2.05) is 0 Å². The minimum Gasteiger partial charge on any atom is -0.289 e. The molecule has 23 heavy (non-hydrogen) atoms. The van der Waals surface area contributed by atoms with Crippen molar-refractivity contribution in [2.45, 2.75) is 19.3 Å². The fraction of sp³-hybridized carbons (Fsp3) is 0.211. The Hall–Kier alpha value is -2.62. The van der Waals surface area contributed by atoms with Crippen molar-refractivity contribution in [2.24, 2.45) is 5.92 Å². The van der Waals surface area contributed by atoms with Gasteiger partial charge in [0, 0.05) is 34.4 Å². The van der Waals surface area contributed by atoms with Gasteiger partial charge in [0.2, 0.25) is 0 Å². The molecule has 1 aromatic heterocycles. The zero-order valence-corrected chi connectivity index (χ0v) is 12.4. The highest BCUT2D eigenvalue weighted by atomic mass is 19.1. The number of pyridine rings is 1. The fourth-order valence-corrected chi connectivity index (χ4v) is 3.12. The molecule has 0 bridgehead atoms. The number of nitrogens with zero attached hydrogens (tertiary/aromatic N) is 1. The molecule has 0 N–H and O–H groups in total. The summed E-state index contributed by atoms with van der Waals surface area (Å²) in [6.45, 7) is 0. The maximum absolute atomic E-state index is 13.0. The number of allylic oxidation sites excluding steroid dienone is 2. The lowest BCUT2D eigenvalue weighted by Gasteiger charge is -2.21. The van der Waals surface area contributed by atoms with Crippen LogP contribution < -0.4 is 0 Å². The molecule has 1 saturated carbocycles. The Labute approximate surface area is 132 Å². The van der Waals surface area contributed by atoms with Crippen LogP contribution in [0.25, 0.3) is 0 Å². The van der Waals surface area contributed by atoms with E-state index in [1.54, 1.807) is 30.3 Å². The van der Waals surface area contributed by atoms with E-state index >= 15 is 0 Å². The quantitative estimate of drug-likeness (QED) is 0.871. The Morgan fingerprint density at radius 3 is 2.30 bits per heavy atom. The van der Waals surface area contributed by atoms with Gasteiger partial charge >= 0.3 is 0 Å². The van der Waals surface area contributed by atoms with Crippen molar-refractivity contribution in [3.8, 4) is 0 Å². The molecule has 1 heterocycles. The molecule has 4 rings (SSSR count). The third-order valence-corrected chi connectivity index (χ3v) is 4.39. The number of ketones is 2. The lowest BCUT2D eigenvalue weighted by atomic mass is 9.80. The first-order chi connectivity index (χ1) is 11.1. The van der Waals surface area contributed by atoms with Gasteiger partial charge in [-0.15, -0.1) is 0 Å². The molecule has 0 atom stereocenters. The number of halogens is 1. The second-order valence-corrected chi connectivity index (χ2v) is 6.01. The van der Waals surface area contributed by atoms with E-state index in [1.165, 1.54) is 6.07 Å². The Kier molecular flexibility index (Phi) is 3.18. The van der Waals surface area contributed by atoms with Gasteiger partial charge in [-0.1, -0.05) is 24.3 Å². The number of hydrogen-bond acceptors (Lipinski definition) is 3. The molecule has 2 aliphatic rings. The molecule has 0 aliphatic heterocycles. The molecule has 4 heteroatoms. The fourth-order valence-electron chi connectivity index (χ4n) is 3.12. The summed E-state index contributed by atoms with van der Waals surface area (Å²) in [5, 5.41) is 0. The number of benzene rings is 1. The van der Waals surface area contributed by atoms with Gasteiger partial charge in [-0.2, -0.15) is 0 Å². The van der Waals surface area contributed by atoms with Crippen molar-refractivity contribution in [2.75, 3.05) is 0 Å². The molecular formula is C19H14FNO2. The number of aromatic nitrogens is 1. The summed E-state index contributed by atoms with van der Waals surface area (Å²) in [6.07, 6.45) is 3.29. The van der Waals surface area contributed by atoms with Crippen molar-refractivity contribution < 1.29 is 14.0 Å². The molecule has 2 aliphatic carbocycles. The lowest BCUT2D eigenvalue weighted by molar-refractivity contribution is 0.0968. The van der Waals surface area contributed by atoms with Crippen molar-refractivity contribution in [3.63, 3.8) is 0 Å². The van der Waals surface area contributed by atoms with E-state index in [9.17, 15) is 14.0 Å².